The average molecular weight is 1080 g/mol. The second-order valence-electron chi connectivity index (χ2n) is 21.4. The molecule has 15 rings (SSSR count). The summed E-state index contributed by atoms with van der Waals surface area (Å²) in [6.45, 7) is 0. The van der Waals surface area contributed by atoms with Crippen LogP contribution in [-0.2, 0) is 6.42 Å². The minimum Gasteiger partial charge on any atom is -0.310 e. The van der Waals surface area contributed by atoms with Crippen LogP contribution in [0.4, 0.5) is 17.6 Å². The summed E-state index contributed by atoms with van der Waals surface area (Å²) in [6, 6.07) is 95.4. The van der Waals surface area contributed by atoms with E-state index in [1.807, 2.05) is 126 Å². The topological polar surface area (TPSA) is 90.4 Å². The second-order valence-corrected chi connectivity index (χ2v) is 21.4. The molecule has 9 heteroatoms. The van der Waals surface area contributed by atoms with Crippen LogP contribution in [0, 0.1) is 5.92 Å². The van der Waals surface area contributed by atoms with Gasteiger partial charge in [0.25, 0.3) is 0 Å². The van der Waals surface area contributed by atoms with Crippen LogP contribution in [0.5, 0.6) is 0 Å². The quantitative estimate of drug-likeness (QED) is 0.107. The molecule has 400 valence electrons. The fourth-order valence-corrected chi connectivity index (χ4v) is 12.3. The van der Waals surface area contributed by atoms with Crippen LogP contribution in [0.1, 0.15) is 29.9 Å². The highest BCUT2D eigenvalue weighted by Crippen LogP contribution is 2.42. The molecule has 10 aromatic carbocycles. The Labute approximate surface area is 486 Å². The number of hydrogen-bond donors (Lipinski definition) is 0. The van der Waals surface area contributed by atoms with E-state index in [2.05, 4.69) is 173 Å². The molecule has 1 aliphatic rings. The Kier molecular flexibility index (Phi) is 13.0. The van der Waals surface area contributed by atoms with Gasteiger partial charge in [0.05, 0.1) is 22.2 Å². The third-order valence-electron chi connectivity index (χ3n) is 16.3. The van der Waals surface area contributed by atoms with Crippen molar-refractivity contribution in [3.63, 3.8) is 0 Å². The molecule has 14 aromatic rings. The first-order valence-corrected chi connectivity index (χ1v) is 28.7. The number of aromatic nitrogens is 8. The van der Waals surface area contributed by atoms with Gasteiger partial charge in [0.2, 0.25) is 11.9 Å². The van der Waals surface area contributed by atoms with Crippen molar-refractivity contribution in [3.8, 4) is 56.9 Å². The fraction of sp³-hybridized carbons (Fsp3) is 0.0667. The molecule has 2 unspecified atom stereocenters. The van der Waals surface area contributed by atoms with E-state index in [-0.39, 0.29) is 5.92 Å². The zero-order valence-corrected chi connectivity index (χ0v) is 45.9. The predicted molar refractivity (Wildman–Crippen MR) is 341 cm³/mol. The van der Waals surface area contributed by atoms with E-state index in [0.29, 0.717) is 41.1 Å². The van der Waals surface area contributed by atoms with Gasteiger partial charge in [0.1, 0.15) is 0 Å². The van der Waals surface area contributed by atoms with Crippen molar-refractivity contribution in [2.45, 2.75) is 25.2 Å². The summed E-state index contributed by atoms with van der Waals surface area (Å²) in [7, 11) is 0. The van der Waals surface area contributed by atoms with Gasteiger partial charge in [0.15, 0.2) is 23.3 Å². The standard InChI is InChI=1S/C75H55N9/c1-9-25-51(26-10-1)41-44-61(52-27-11-2-12-28-52)57-42-45-66-62(47-57)64-49-69-65(50-68(64)82(66)58-37-21-7-22-38-58)63-48-60(43-46-67(63)83(69)59-39-23-8-24-40-59)84(74-78-70(53-29-13-3-14-30-53)76-71(79-74)54-31-15-4-16-32-54)75-80-72(55-33-17-5-18-34-55)77-73(81-75)56-35-19-6-20-36-56/h1-40,43,45-50,57,61H,41-42,44H2. The Morgan fingerprint density at radius 2 is 0.810 bits per heavy atom. The molecule has 1 aliphatic carbocycles. The first-order chi connectivity index (χ1) is 41.6. The summed E-state index contributed by atoms with van der Waals surface area (Å²) >= 11 is 0. The van der Waals surface area contributed by atoms with Gasteiger partial charge in [-0.2, -0.15) is 19.9 Å². The van der Waals surface area contributed by atoms with E-state index in [4.69, 9.17) is 29.9 Å². The van der Waals surface area contributed by atoms with Crippen molar-refractivity contribution >= 4 is 62.4 Å². The van der Waals surface area contributed by atoms with E-state index < -0.39 is 0 Å². The zero-order valence-electron chi connectivity index (χ0n) is 45.9. The van der Waals surface area contributed by atoms with Gasteiger partial charge in [-0.05, 0) is 96.8 Å². The van der Waals surface area contributed by atoms with E-state index in [9.17, 15) is 0 Å². The molecule has 0 bridgehead atoms. The minimum absolute atomic E-state index is 0.281. The molecule has 0 amide bonds. The zero-order chi connectivity index (χ0) is 55.8. The van der Waals surface area contributed by atoms with Crippen LogP contribution in [0.15, 0.2) is 273 Å². The molecule has 0 N–H and O–H groups in total. The van der Waals surface area contributed by atoms with Gasteiger partial charge < -0.3 is 9.13 Å². The lowest BCUT2D eigenvalue weighted by Gasteiger charge is -2.26. The number of hydrogen-bond acceptors (Lipinski definition) is 7. The Balaban J connectivity index is 0.993. The van der Waals surface area contributed by atoms with Crippen LogP contribution >= 0.6 is 0 Å². The molecule has 84 heavy (non-hydrogen) atoms. The van der Waals surface area contributed by atoms with Crippen molar-refractivity contribution in [2.24, 2.45) is 5.92 Å². The van der Waals surface area contributed by atoms with Crippen molar-refractivity contribution in [1.29, 1.82) is 0 Å². The molecule has 0 fully saturated rings. The summed E-state index contributed by atoms with van der Waals surface area (Å²) in [5.74, 6) is 3.37. The molecule has 2 atom stereocenters. The molecule has 0 saturated carbocycles. The number of aryl methyl sites for hydroxylation is 1. The third kappa shape index (κ3) is 9.47. The van der Waals surface area contributed by atoms with Crippen LogP contribution in [-0.4, -0.2) is 39.0 Å². The third-order valence-corrected chi connectivity index (χ3v) is 16.3. The van der Waals surface area contributed by atoms with Crippen molar-refractivity contribution in [3.05, 3.63) is 295 Å². The molecule has 4 heterocycles. The largest absolute Gasteiger partial charge is 0.310 e. The highest BCUT2D eigenvalue weighted by atomic mass is 15.4. The predicted octanol–water partition coefficient (Wildman–Crippen LogP) is 16.2. The first kappa shape index (κ1) is 50.1. The molecule has 0 saturated heterocycles. The number of anilines is 3. The SMILES string of the molecule is C1=c2c(n(-c3ccccc3)c3cc4c5cc(N(c6nc(-c7ccccc7)nc(-c7ccccc7)n6)c6nc(-c7ccccc7)nc(-c7ccccc7)n6)ccc5n(-c5ccccc5)c4cc23)=CCC1C(CCc1ccccc1)c1ccccc1. The molecule has 0 aliphatic heterocycles. The van der Waals surface area contributed by atoms with E-state index in [1.165, 1.54) is 27.1 Å². The summed E-state index contributed by atoms with van der Waals surface area (Å²) in [5.41, 5.74) is 12.3. The first-order valence-electron chi connectivity index (χ1n) is 28.7. The van der Waals surface area contributed by atoms with Crippen LogP contribution in [0.2, 0.25) is 0 Å². The van der Waals surface area contributed by atoms with E-state index in [1.54, 1.807) is 0 Å². The highest BCUT2D eigenvalue weighted by molar-refractivity contribution is 6.14. The average Bonchev–Trinajstić information content (AvgIpc) is 2.71. The summed E-state index contributed by atoms with van der Waals surface area (Å²) in [5, 5.41) is 5.81. The highest BCUT2D eigenvalue weighted by Gasteiger charge is 2.28. The van der Waals surface area contributed by atoms with Gasteiger partial charge in [0, 0.05) is 60.4 Å². The Bertz CT molecular complexity index is 4550. The Hall–Kier alpha value is -10.9. The summed E-state index contributed by atoms with van der Waals surface area (Å²) in [4.78, 5) is 33.7. The molecule has 0 radical (unpaired) electrons. The lowest BCUT2D eigenvalue weighted by Crippen LogP contribution is -2.33. The van der Waals surface area contributed by atoms with Crippen LogP contribution < -0.4 is 15.5 Å². The Morgan fingerprint density at radius 1 is 0.393 bits per heavy atom. The maximum Gasteiger partial charge on any atom is 0.241 e. The van der Waals surface area contributed by atoms with Crippen LogP contribution in [0.3, 0.4) is 0 Å². The summed E-state index contributed by atoms with van der Waals surface area (Å²) in [6.07, 6.45) is 8.07. The van der Waals surface area contributed by atoms with Gasteiger partial charge in [-0.1, -0.05) is 231 Å². The van der Waals surface area contributed by atoms with Crippen molar-refractivity contribution in [2.75, 3.05) is 4.90 Å². The number of para-hydroxylation sites is 2. The molecular weight excluding hydrogens is 1030 g/mol. The Morgan fingerprint density at radius 3 is 1.31 bits per heavy atom. The normalized spacial score (nSPS) is 13.3. The minimum atomic E-state index is 0.281. The van der Waals surface area contributed by atoms with Gasteiger partial charge in [-0.3, -0.25) is 0 Å². The smallest absolute Gasteiger partial charge is 0.241 e. The number of benzene rings is 10. The van der Waals surface area contributed by atoms with E-state index >= 15 is 0 Å². The number of nitrogens with zero attached hydrogens (tertiary/aromatic N) is 9. The lowest BCUT2D eigenvalue weighted by atomic mass is 9.78. The molecule has 0 spiro atoms. The molecule has 9 nitrogen and oxygen atoms in total. The molecule has 4 aromatic heterocycles. The van der Waals surface area contributed by atoms with Gasteiger partial charge in [-0.25, -0.2) is 14.9 Å². The van der Waals surface area contributed by atoms with Crippen molar-refractivity contribution < 1.29 is 0 Å². The lowest BCUT2D eigenvalue weighted by molar-refractivity contribution is 0.505. The number of fused-ring (bicyclic) bond motifs is 6. The second kappa shape index (κ2) is 21.9. The van der Waals surface area contributed by atoms with E-state index in [0.717, 1.165) is 85.9 Å². The van der Waals surface area contributed by atoms with Gasteiger partial charge >= 0.3 is 0 Å². The molecular formula is C75H55N9. The summed E-state index contributed by atoms with van der Waals surface area (Å²) < 4.78 is 4.89. The maximum absolute atomic E-state index is 5.36. The fourth-order valence-electron chi connectivity index (χ4n) is 12.3. The van der Waals surface area contributed by atoms with Crippen molar-refractivity contribution in [1.82, 2.24) is 39.0 Å². The van der Waals surface area contributed by atoms with Gasteiger partial charge in [-0.15, -0.1) is 0 Å². The van der Waals surface area contributed by atoms with Crippen LogP contribution in [0.25, 0.3) is 102 Å². The number of rotatable bonds is 14. The monoisotopic (exact) mass is 1080 g/mol. The maximum atomic E-state index is 5.36.